The zero-order chi connectivity index (χ0) is 26.0. The number of benzene rings is 2. The van der Waals surface area contributed by atoms with Crippen LogP contribution in [0.15, 0.2) is 42.5 Å². The van der Waals surface area contributed by atoms with E-state index in [0.717, 1.165) is 11.1 Å². The summed E-state index contributed by atoms with van der Waals surface area (Å²) in [7, 11) is 0. The Morgan fingerprint density at radius 3 is 2.40 bits per heavy atom. The molecule has 0 bridgehead atoms. The molecule has 1 amide bonds. The van der Waals surface area contributed by atoms with Crippen LogP contribution in [0.5, 0.6) is 5.75 Å². The minimum absolute atomic E-state index is 0.0256. The second kappa shape index (κ2) is 10.5. The lowest BCUT2D eigenvalue weighted by atomic mass is 9.82. The van der Waals surface area contributed by atoms with Gasteiger partial charge in [-0.05, 0) is 69.9 Å². The summed E-state index contributed by atoms with van der Waals surface area (Å²) in [5, 5.41) is 0.0256. The predicted molar refractivity (Wildman–Crippen MR) is 127 cm³/mol. The number of hydrogen-bond acceptors (Lipinski definition) is 4. The Morgan fingerprint density at radius 2 is 1.77 bits per heavy atom. The second-order valence-electron chi connectivity index (χ2n) is 9.70. The number of amides is 1. The Balaban J connectivity index is 1.88. The van der Waals surface area contributed by atoms with Gasteiger partial charge in [-0.1, -0.05) is 35.9 Å². The summed E-state index contributed by atoms with van der Waals surface area (Å²) in [6, 6.07) is 11.2. The van der Waals surface area contributed by atoms with Gasteiger partial charge in [-0.25, -0.2) is 4.79 Å². The summed E-state index contributed by atoms with van der Waals surface area (Å²) in [6.45, 7) is 6.19. The molecule has 0 saturated heterocycles. The van der Waals surface area contributed by atoms with Gasteiger partial charge < -0.3 is 14.4 Å². The Labute approximate surface area is 208 Å². The van der Waals surface area contributed by atoms with Crippen molar-refractivity contribution in [2.45, 2.75) is 70.8 Å². The highest BCUT2D eigenvalue weighted by molar-refractivity contribution is 6.34. The quantitative estimate of drug-likeness (QED) is 0.408. The van der Waals surface area contributed by atoms with E-state index in [0.29, 0.717) is 12.8 Å². The molecular weight excluding hydrogens is 483 g/mol. The van der Waals surface area contributed by atoms with Gasteiger partial charge in [-0.3, -0.25) is 4.79 Å². The summed E-state index contributed by atoms with van der Waals surface area (Å²) >= 11 is 6.30. The van der Waals surface area contributed by atoms with Crippen LogP contribution >= 0.6 is 11.6 Å². The minimum Gasteiger partial charge on any atom is -0.484 e. The van der Waals surface area contributed by atoms with E-state index in [1.165, 1.54) is 18.2 Å². The number of ketones is 1. The molecule has 2 aromatic carbocycles. The van der Waals surface area contributed by atoms with Crippen molar-refractivity contribution in [3.8, 4) is 5.75 Å². The zero-order valence-corrected chi connectivity index (χ0v) is 20.9. The third-order valence-electron chi connectivity index (χ3n) is 5.73. The van der Waals surface area contributed by atoms with Gasteiger partial charge in [0.2, 0.25) is 0 Å². The van der Waals surface area contributed by atoms with Gasteiger partial charge in [-0.2, -0.15) is 13.2 Å². The molecule has 9 heteroatoms. The second-order valence-corrected chi connectivity index (χ2v) is 10.1. The molecule has 0 aromatic heterocycles. The highest BCUT2D eigenvalue weighted by Gasteiger charge is 2.34. The molecule has 0 spiro atoms. The van der Waals surface area contributed by atoms with Crippen LogP contribution in [0.4, 0.5) is 18.0 Å². The molecule has 1 aliphatic rings. The third kappa shape index (κ3) is 7.13. The number of ether oxygens (including phenoxy) is 2. The number of nitrogens with zero attached hydrogens (tertiary/aromatic N) is 1. The fraction of sp³-hybridized carbons (Fsp3) is 0.462. The van der Waals surface area contributed by atoms with Gasteiger partial charge in [0.15, 0.2) is 12.4 Å². The Hall–Kier alpha value is -2.74. The standard InChI is InChI=1S/C26H29ClF3NO4/c1-16-9-11-20(23(32)21-12-10-18(13-22(21)27)34-15-26(28,29)30)19-8-6-5-7-17(19)14-31(16)24(33)35-25(2,3)4/h5-8,10,12-13,16,20H,9,11,14-15H2,1-4H3/t16-,20?/m1/s1. The van der Waals surface area contributed by atoms with Crippen LogP contribution in [0, 0.1) is 0 Å². The van der Waals surface area contributed by atoms with Gasteiger partial charge in [0.1, 0.15) is 11.4 Å². The topological polar surface area (TPSA) is 55.8 Å². The molecule has 2 atom stereocenters. The van der Waals surface area contributed by atoms with Crippen LogP contribution in [0.25, 0.3) is 0 Å². The molecule has 1 aliphatic heterocycles. The van der Waals surface area contributed by atoms with Gasteiger partial charge in [0.05, 0.1) is 5.02 Å². The number of carbonyl (C=O) groups is 2. The number of rotatable bonds is 4. The maximum Gasteiger partial charge on any atom is 0.422 e. The van der Waals surface area contributed by atoms with Crippen molar-refractivity contribution in [3.63, 3.8) is 0 Å². The van der Waals surface area contributed by atoms with Gasteiger partial charge in [-0.15, -0.1) is 0 Å². The SMILES string of the molecule is C[C@@H]1CCC(C(=O)c2ccc(OCC(F)(F)F)cc2Cl)c2ccccc2CN1C(=O)OC(C)(C)C. The molecule has 1 unspecified atom stereocenters. The van der Waals surface area contributed by atoms with E-state index in [2.05, 4.69) is 0 Å². The van der Waals surface area contributed by atoms with Gasteiger partial charge >= 0.3 is 12.3 Å². The van der Waals surface area contributed by atoms with Crippen molar-refractivity contribution >= 4 is 23.5 Å². The molecule has 190 valence electrons. The number of carbonyl (C=O) groups excluding carboxylic acids is 2. The lowest BCUT2D eigenvalue weighted by Crippen LogP contribution is -2.43. The molecule has 0 aliphatic carbocycles. The molecule has 0 radical (unpaired) electrons. The number of alkyl halides is 3. The molecule has 0 saturated carbocycles. The number of hydrogen-bond donors (Lipinski definition) is 0. The van der Waals surface area contributed by atoms with Gasteiger partial charge in [0, 0.05) is 24.1 Å². The summed E-state index contributed by atoms with van der Waals surface area (Å²) in [4.78, 5) is 28.1. The van der Waals surface area contributed by atoms with Crippen molar-refractivity contribution in [1.82, 2.24) is 4.90 Å². The maximum atomic E-state index is 13.6. The third-order valence-corrected chi connectivity index (χ3v) is 6.04. The molecule has 35 heavy (non-hydrogen) atoms. The highest BCUT2D eigenvalue weighted by atomic mass is 35.5. The lowest BCUT2D eigenvalue weighted by Gasteiger charge is -2.35. The normalized spacial score (nSPS) is 18.8. The van der Waals surface area contributed by atoms with Crippen molar-refractivity contribution < 1.29 is 32.2 Å². The average Bonchev–Trinajstić information content (AvgIpc) is 2.73. The Morgan fingerprint density at radius 1 is 1.09 bits per heavy atom. The predicted octanol–water partition coefficient (Wildman–Crippen LogP) is 7.17. The fourth-order valence-corrected chi connectivity index (χ4v) is 4.32. The first-order valence-corrected chi connectivity index (χ1v) is 11.7. The van der Waals surface area contributed by atoms with Crippen molar-refractivity contribution in [3.05, 3.63) is 64.2 Å². The monoisotopic (exact) mass is 511 g/mol. The first-order valence-electron chi connectivity index (χ1n) is 11.4. The summed E-state index contributed by atoms with van der Waals surface area (Å²) < 4.78 is 47.7. The average molecular weight is 512 g/mol. The first-order chi connectivity index (χ1) is 16.2. The van der Waals surface area contributed by atoms with E-state index in [-0.39, 0.29) is 34.7 Å². The van der Waals surface area contributed by atoms with Crippen LogP contribution < -0.4 is 4.74 Å². The molecule has 0 fully saturated rings. The Kier molecular flexibility index (Phi) is 8.04. The summed E-state index contributed by atoms with van der Waals surface area (Å²) in [6.07, 6.45) is -3.89. The van der Waals surface area contributed by atoms with E-state index in [4.69, 9.17) is 21.1 Å². The van der Waals surface area contributed by atoms with Crippen molar-refractivity contribution in [2.75, 3.05) is 6.61 Å². The van der Waals surface area contributed by atoms with E-state index >= 15 is 0 Å². The molecule has 2 aromatic rings. The first kappa shape index (κ1) is 26.9. The van der Waals surface area contributed by atoms with Crippen molar-refractivity contribution in [2.24, 2.45) is 0 Å². The van der Waals surface area contributed by atoms with Crippen LogP contribution in [-0.2, 0) is 11.3 Å². The smallest absolute Gasteiger partial charge is 0.422 e. The summed E-state index contributed by atoms with van der Waals surface area (Å²) in [5.74, 6) is -0.819. The molecule has 3 rings (SSSR count). The lowest BCUT2D eigenvalue weighted by molar-refractivity contribution is -0.153. The molecule has 0 N–H and O–H groups in total. The van der Waals surface area contributed by atoms with E-state index in [9.17, 15) is 22.8 Å². The van der Waals surface area contributed by atoms with Gasteiger partial charge in [0.25, 0.3) is 0 Å². The molecule has 1 heterocycles. The van der Waals surface area contributed by atoms with Crippen LogP contribution in [-0.4, -0.2) is 41.2 Å². The highest BCUT2D eigenvalue weighted by Crippen LogP contribution is 2.36. The van der Waals surface area contributed by atoms with Crippen LogP contribution in [0.2, 0.25) is 5.02 Å². The molecular formula is C26H29ClF3NO4. The summed E-state index contributed by atoms with van der Waals surface area (Å²) in [5.41, 5.74) is 1.18. The number of Topliss-reactive ketones (excluding diaryl/α,β-unsaturated/α-hetero) is 1. The Bertz CT molecular complexity index is 1080. The van der Waals surface area contributed by atoms with Crippen molar-refractivity contribution in [1.29, 1.82) is 0 Å². The van der Waals surface area contributed by atoms with E-state index in [1.54, 1.807) is 4.90 Å². The zero-order valence-electron chi connectivity index (χ0n) is 20.1. The van der Waals surface area contributed by atoms with E-state index in [1.807, 2.05) is 52.0 Å². The van der Waals surface area contributed by atoms with E-state index < -0.39 is 30.4 Å². The minimum atomic E-state index is -4.48. The molecule has 5 nitrogen and oxygen atoms in total. The van der Waals surface area contributed by atoms with Crippen LogP contribution in [0.3, 0.4) is 0 Å². The van der Waals surface area contributed by atoms with Crippen LogP contribution in [0.1, 0.15) is 67.9 Å². The fourth-order valence-electron chi connectivity index (χ4n) is 4.05. The number of halogens is 4. The number of fused-ring (bicyclic) bond motifs is 1. The largest absolute Gasteiger partial charge is 0.484 e. The maximum absolute atomic E-state index is 13.6.